The van der Waals surface area contributed by atoms with E-state index in [9.17, 15) is 0 Å². The topological polar surface area (TPSA) is 34.4 Å². The number of nitrogens with one attached hydrogen (secondary N) is 1. The Kier molecular flexibility index (Phi) is 4.84. The van der Waals surface area contributed by atoms with Gasteiger partial charge in [-0.05, 0) is 46.1 Å². The third kappa shape index (κ3) is 3.62. The number of hydrogen-bond donors (Lipinski definition) is 1. The van der Waals surface area contributed by atoms with Gasteiger partial charge in [-0.15, -0.1) is 0 Å². The number of hydrogen-bond acceptors (Lipinski definition) is 3. The van der Waals surface area contributed by atoms with Gasteiger partial charge in [0.15, 0.2) is 4.67 Å². The molecule has 0 spiro atoms. The van der Waals surface area contributed by atoms with Crippen LogP contribution in [-0.4, -0.2) is 13.7 Å². The molecule has 0 amide bonds. The number of halogens is 1. The van der Waals surface area contributed by atoms with Crippen LogP contribution in [0.5, 0.6) is 0 Å². The Bertz CT molecular complexity index is 496. The normalized spacial score (nSPS) is 10.6. The molecule has 1 aromatic carbocycles. The van der Waals surface area contributed by atoms with Gasteiger partial charge in [-0.3, -0.25) is 0 Å². The van der Waals surface area contributed by atoms with Crippen molar-refractivity contribution in [1.29, 1.82) is 0 Å². The summed E-state index contributed by atoms with van der Waals surface area (Å²) in [5.74, 6) is 0.906. The molecule has 0 fully saturated rings. The molecule has 1 N–H and O–H groups in total. The zero-order valence-corrected chi connectivity index (χ0v) is 11.9. The highest BCUT2D eigenvalue weighted by molar-refractivity contribution is 9.10. The minimum atomic E-state index is 0.676. The molecule has 3 nitrogen and oxygen atoms in total. The Labute approximate surface area is 115 Å². The highest BCUT2D eigenvalue weighted by Gasteiger charge is 2.03. The van der Waals surface area contributed by atoms with Crippen molar-refractivity contribution in [2.45, 2.75) is 13.0 Å². The number of para-hydroxylation sites is 1. The van der Waals surface area contributed by atoms with Crippen LogP contribution in [0.15, 0.2) is 45.5 Å². The molecule has 0 unspecified atom stereocenters. The average Bonchev–Trinajstić information content (AvgIpc) is 2.81. The van der Waals surface area contributed by atoms with E-state index in [1.807, 2.05) is 24.3 Å². The van der Waals surface area contributed by atoms with Crippen LogP contribution in [-0.2, 0) is 17.7 Å². The lowest BCUT2D eigenvalue weighted by Crippen LogP contribution is -2.03. The summed E-state index contributed by atoms with van der Waals surface area (Å²) >= 11 is 3.30. The molecular weight excluding hydrogens is 294 g/mol. The molecule has 0 atom stereocenters. The number of anilines is 1. The predicted octanol–water partition coefficient (Wildman–Crippen LogP) is 3.84. The fraction of sp³-hybridized carbons (Fsp3) is 0.286. The lowest BCUT2D eigenvalue weighted by Gasteiger charge is -2.10. The SMILES string of the molecule is COCCc1ccccc1NCc1ccc(Br)o1. The smallest absolute Gasteiger partial charge is 0.169 e. The van der Waals surface area contributed by atoms with Crippen LogP contribution >= 0.6 is 15.9 Å². The Morgan fingerprint density at radius 2 is 2.06 bits per heavy atom. The van der Waals surface area contributed by atoms with Gasteiger partial charge in [-0.2, -0.15) is 0 Å². The molecule has 0 saturated carbocycles. The van der Waals surface area contributed by atoms with Crippen LogP contribution in [0.4, 0.5) is 5.69 Å². The van der Waals surface area contributed by atoms with Crippen molar-refractivity contribution in [3.63, 3.8) is 0 Å². The van der Waals surface area contributed by atoms with Gasteiger partial charge < -0.3 is 14.5 Å². The molecule has 0 bridgehead atoms. The maximum atomic E-state index is 5.46. The van der Waals surface area contributed by atoms with Crippen LogP contribution in [0.1, 0.15) is 11.3 Å². The minimum absolute atomic E-state index is 0.676. The second-order valence-corrected chi connectivity index (χ2v) is 4.74. The van der Waals surface area contributed by atoms with Gasteiger partial charge in [0.2, 0.25) is 0 Å². The first-order valence-corrected chi connectivity index (χ1v) is 6.64. The van der Waals surface area contributed by atoms with E-state index in [4.69, 9.17) is 9.15 Å². The van der Waals surface area contributed by atoms with Gasteiger partial charge in [-0.1, -0.05) is 18.2 Å². The molecule has 96 valence electrons. The van der Waals surface area contributed by atoms with Crippen molar-refractivity contribution >= 4 is 21.6 Å². The van der Waals surface area contributed by atoms with E-state index in [0.29, 0.717) is 6.54 Å². The summed E-state index contributed by atoms with van der Waals surface area (Å²) in [4.78, 5) is 0. The molecule has 0 saturated heterocycles. The Hall–Kier alpha value is -1.26. The largest absolute Gasteiger partial charge is 0.452 e. The van der Waals surface area contributed by atoms with E-state index < -0.39 is 0 Å². The summed E-state index contributed by atoms with van der Waals surface area (Å²) in [5, 5.41) is 3.38. The Morgan fingerprint density at radius 1 is 1.22 bits per heavy atom. The summed E-state index contributed by atoms with van der Waals surface area (Å²) in [6.07, 6.45) is 0.904. The summed E-state index contributed by atoms with van der Waals surface area (Å²) in [6, 6.07) is 12.1. The fourth-order valence-corrected chi connectivity index (χ4v) is 2.09. The van der Waals surface area contributed by atoms with Crippen molar-refractivity contribution in [1.82, 2.24) is 0 Å². The van der Waals surface area contributed by atoms with Gasteiger partial charge in [0.05, 0.1) is 13.2 Å². The van der Waals surface area contributed by atoms with E-state index in [-0.39, 0.29) is 0 Å². The van der Waals surface area contributed by atoms with E-state index in [1.54, 1.807) is 7.11 Å². The minimum Gasteiger partial charge on any atom is -0.452 e. The fourth-order valence-electron chi connectivity index (χ4n) is 1.75. The second-order valence-electron chi connectivity index (χ2n) is 3.96. The molecule has 2 rings (SSSR count). The molecule has 1 aromatic heterocycles. The third-order valence-corrected chi connectivity index (χ3v) is 3.10. The standard InChI is InChI=1S/C14H16BrNO2/c1-17-9-8-11-4-2-3-5-13(11)16-10-12-6-7-14(15)18-12/h2-7,16H,8-10H2,1H3. The molecule has 2 aromatic rings. The van der Waals surface area contributed by atoms with Crippen molar-refractivity contribution in [3.8, 4) is 0 Å². The van der Waals surface area contributed by atoms with Crippen LogP contribution < -0.4 is 5.32 Å². The third-order valence-electron chi connectivity index (χ3n) is 2.67. The van der Waals surface area contributed by atoms with Gasteiger partial charge in [0.1, 0.15) is 5.76 Å². The Morgan fingerprint density at radius 3 is 2.78 bits per heavy atom. The maximum absolute atomic E-state index is 5.46. The monoisotopic (exact) mass is 309 g/mol. The molecule has 0 aliphatic rings. The van der Waals surface area contributed by atoms with E-state index in [1.165, 1.54) is 5.56 Å². The van der Waals surface area contributed by atoms with Crippen molar-refractivity contribution in [2.24, 2.45) is 0 Å². The van der Waals surface area contributed by atoms with Crippen molar-refractivity contribution in [3.05, 3.63) is 52.4 Å². The first-order chi connectivity index (χ1) is 8.79. The number of ether oxygens (including phenoxy) is 1. The number of methoxy groups -OCH3 is 1. The van der Waals surface area contributed by atoms with Crippen molar-refractivity contribution in [2.75, 3.05) is 19.0 Å². The molecular formula is C14H16BrNO2. The van der Waals surface area contributed by atoms with Gasteiger partial charge >= 0.3 is 0 Å². The average molecular weight is 310 g/mol. The quantitative estimate of drug-likeness (QED) is 0.880. The van der Waals surface area contributed by atoms with E-state index in [0.717, 1.165) is 29.1 Å². The van der Waals surface area contributed by atoms with Gasteiger partial charge in [-0.25, -0.2) is 0 Å². The zero-order chi connectivity index (χ0) is 12.8. The van der Waals surface area contributed by atoms with Crippen LogP contribution in [0.25, 0.3) is 0 Å². The maximum Gasteiger partial charge on any atom is 0.169 e. The van der Waals surface area contributed by atoms with Crippen LogP contribution in [0.3, 0.4) is 0 Å². The lowest BCUT2D eigenvalue weighted by atomic mass is 10.1. The highest BCUT2D eigenvalue weighted by atomic mass is 79.9. The molecule has 4 heteroatoms. The zero-order valence-electron chi connectivity index (χ0n) is 10.3. The first-order valence-electron chi connectivity index (χ1n) is 5.84. The predicted molar refractivity (Wildman–Crippen MR) is 75.8 cm³/mol. The van der Waals surface area contributed by atoms with Crippen molar-refractivity contribution < 1.29 is 9.15 Å². The summed E-state index contributed by atoms with van der Waals surface area (Å²) < 4.78 is 11.3. The summed E-state index contributed by atoms with van der Waals surface area (Å²) in [5.41, 5.74) is 2.38. The van der Waals surface area contributed by atoms with Crippen LogP contribution in [0.2, 0.25) is 0 Å². The van der Waals surface area contributed by atoms with E-state index in [2.05, 4.69) is 33.4 Å². The highest BCUT2D eigenvalue weighted by Crippen LogP contribution is 2.19. The molecule has 0 radical (unpaired) electrons. The number of furan rings is 1. The Balaban J connectivity index is 1.99. The second kappa shape index (κ2) is 6.61. The summed E-state index contributed by atoms with van der Waals surface area (Å²) in [7, 11) is 1.72. The van der Waals surface area contributed by atoms with Crippen LogP contribution in [0, 0.1) is 0 Å². The number of rotatable bonds is 6. The lowest BCUT2D eigenvalue weighted by molar-refractivity contribution is 0.202. The number of benzene rings is 1. The molecule has 18 heavy (non-hydrogen) atoms. The van der Waals surface area contributed by atoms with Gasteiger partial charge in [0.25, 0.3) is 0 Å². The van der Waals surface area contributed by atoms with Gasteiger partial charge in [0, 0.05) is 12.8 Å². The first kappa shape index (κ1) is 13.2. The molecule has 0 aliphatic heterocycles. The molecule has 0 aliphatic carbocycles. The van der Waals surface area contributed by atoms with E-state index >= 15 is 0 Å². The molecule has 1 heterocycles. The summed E-state index contributed by atoms with van der Waals surface area (Å²) in [6.45, 7) is 1.40.